The van der Waals surface area contributed by atoms with Crippen LogP contribution in [0.5, 0.6) is 0 Å². The van der Waals surface area contributed by atoms with Crippen molar-refractivity contribution in [2.45, 2.75) is 38.6 Å². The van der Waals surface area contributed by atoms with Crippen LogP contribution < -0.4 is 5.32 Å². The standard InChI is InChI=1S/C12H22N2O4/c1-2-3-7-18-8-6-13-12(17)14(9-11(15)16)10-4-5-10/h10H,2-9H2,1H3,(H,13,17)(H,15,16). The van der Waals surface area contributed by atoms with Gasteiger partial charge in [-0.05, 0) is 19.3 Å². The lowest BCUT2D eigenvalue weighted by molar-refractivity contribution is -0.137. The first-order valence-corrected chi connectivity index (χ1v) is 6.49. The number of aliphatic carboxylic acids is 1. The molecule has 104 valence electrons. The minimum atomic E-state index is -0.976. The first kappa shape index (κ1) is 14.8. The zero-order valence-electron chi connectivity index (χ0n) is 10.9. The minimum absolute atomic E-state index is 0.0992. The second kappa shape index (κ2) is 7.92. The number of ether oxygens (including phenoxy) is 1. The van der Waals surface area contributed by atoms with Gasteiger partial charge in [0.2, 0.25) is 0 Å². The molecular weight excluding hydrogens is 236 g/mol. The molecule has 1 saturated carbocycles. The molecule has 1 aliphatic rings. The molecule has 2 amide bonds. The average Bonchev–Trinajstić information content (AvgIpc) is 3.14. The molecule has 0 atom stereocenters. The van der Waals surface area contributed by atoms with Gasteiger partial charge in [-0.3, -0.25) is 4.79 Å². The maximum Gasteiger partial charge on any atom is 0.323 e. The van der Waals surface area contributed by atoms with Gasteiger partial charge in [0.25, 0.3) is 0 Å². The van der Waals surface area contributed by atoms with Crippen LogP contribution in [0, 0.1) is 0 Å². The Morgan fingerprint density at radius 1 is 1.39 bits per heavy atom. The molecule has 0 saturated heterocycles. The summed E-state index contributed by atoms with van der Waals surface area (Å²) in [6.45, 7) is 3.45. The largest absolute Gasteiger partial charge is 0.480 e. The zero-order chi connectivity index (χ0) is 13.4. The van der Waals surface area contributed by atoms with Gasteiger partial charge >= 0.3 is 12.0 Å². The number of amides is 2. The van der Waals surface area contributed by atoms with Gasteiger partial charge in [-0.2, -0.15) is 0 Å². The number of unbranched alkanes of at least 4 members (excludes halogenated alkanes) is 1. The second-order valence-corrected chi connectivity index (χ2v) is 4.45. The van der Waals surface area contributed by atoms with Crippen molar-refractivity contribution in [2.75, 3.05) is 26.3 Å². The Balaban J connectivity index is 2.15. The fraction of sp³-hybridized carbons (Fsp3) is 0.833. The van der Waals surface area contributed by atoms with Gasteiger partial charge in [0.15, 0.2) is 0 Å². The Kier molecular flexibility index (Phi) is 6.49. The van der Waals surface area contributed by atoms with Gasteiger partial charge in [-0.1, -0.05) is 13.3 Å². The van der Waals surface area contributed by atoms with Crippen LogP contribution in [0.3, 0.4) is 0 Å². The molecule has 0 aromatic rings. The second-order valence-electron chi connectivity index (χ2n) is 4.45. The molecule has 6 nitrogen and oxygen atoms in total. The highest BCUT2D eigenvalue weighted by Crippen LogP contribution is 2.26. The third-order valence-electron chi connectivity index (χ3n) is 2.72. The summed E-state index contributed by atoms with van der Waals surface area (Å²) in [7, 11) is 0. The molecule has 0 aliphatic heterocycles. The molecule has 0 heterocycles. The Labute approximate surface area is 107 Å². The number of hydrogen-bond acceptors (Lipinski definition) is 3. The number of rotatable bonds is 9. The number of carboxylic acid groups (broad SMARTS) is 1. The van der Waals surface area contributed by atoms with Gasteiger partial charge < -0.3 is 20.1 Å². The van der Waals surface area contributed by atoms with E-state index in [-0.39, 0.29) is 18.6 Å². The van der Waals surface area contributed by atoms with Crippen LogP contribution in [-0.4, -0.2) is 54.4 Å². The lowest BCUT2D eigenvalue weighted by Crippen LogP contribution is -2.45. The average molecular weight is 258 g/mol. The SMILES string of the molecule is CCCCOCCNC(=O)N(CC(=O)O)C1CC1. The lowest BCUT2D eigenvalue weighted by atomic mass is 10.4. The summed E-state index contributed by atoms with van der Waals surface area (Å²) in [4.78, 5) is 23.8. The van der Waals surface area contributed by atoms with Gasteiger partial charge in [-0.25, -0.2) is 4.79 Å². The summed E-state index contributed by atoms with van der Waals surface area (Å²) in [5, 5.41) is 11.4. The van der Waals surface area contributed by atoms with Crippen LogP contribution in [0.25, 0.3) is 0 Å². The van der Waals surface area contributed by atoms with Crippen molar-refractivity contribution in [1.82, 2.24) is 10.2 Å². The highest BCUT2D eigenvalue weighted by Gasteiger charge is 2.33. The monoisotopic (exact) mass is 258 g/mol. The maximum absolute atomic E-state index is 11.7. The van der Waals surface area contributed by atoms with Gasteiger partial charge in [0.1, 0.15) is 6.54 Å². The number of carbonyl (C=O) groups is 2. The fourth-order valence-corrected chi connectivity index (χ4v) is 1.58. The first-order valence-electron chi connectivity index (χ1n) is 6.49. The Morgan fingerprint density at radius 3 is 2.67 bits per heavy atom. The molecule has 0 spiro atoms. The van der Waals surface area contributed by atoms with E-state index in [0.29, 0.717) is 19.8 Å². The summed E-state index contributed by atoms with van der Waals surface area (Å²) in [5.41, 5.74) is 0. The molecule has 0 aromatic carbocycles. The number of carboxylic acids is 1. The first-order chi connectivity index (χ1) is 8.65. The zero-order valence-corrected chi connectivity index (χ0v) is 10.9. The smallest absolute Gasteiger partial charge is 0.323 e. The van der Waals surface area contributed by atoms with Crippen molar-refractivity contribution in [2.24, 2.45) is 0 Å². The van der Waals surface area contributed by atoms with E-state index in [1.165, 1.54) is 4.90 Å². The van der Waals surface area contributed by atoms with Gasteiger partial charge in [-0.15, -0.1) is 0 Å². The van der Waals surface area contributed by atoms with E-state index >= 15 is 0 Å². The molecule has 1 aliphatic carbocycles. The van der Waals surface area contributed by atoms with E-state index in [4.69, 9.17) is 9.84 Å². The van der Waals surface area contributed by atoms with E-state index in [1.54, 1.807) is 0 Å². The van der Waals surface area contributed by atoms with E-state index in [2.05, 4.69) is 12.2 Å². The summed E-state index contributed by atoms with van der Waals surface area (Å²) < 4.78 is 5.31. The van der Waals surface area contributed by atoms with Gasteiger partial charge in [0.05, 0.1) is 6.61 Å². The molecular formula is C12H22N2O4. The predicted octanol–water partition coefficient (Wildman–Crippen LogP) is 1.06. The molecule has 0 radical (unpaired) electrons. The van der Waals surface area contributed by atoms with Crippen molar-refractivity contribution in [3.05, 3.63) is 0 Å². The Hall–Kier alpha value is -1.30. The Bertz CT molecular complexity index is 279. The van der Waals surface area contributed by atoms with E-state index in [1.807, 2.05) is 0 Å². The van der Waals surface area contributed by atoms with Crippen molar-refractivity contribution in [3.63, 3.8) is 0 Å². The summed E-state index contributed by atoms with van der Waals surface area (Å²) in [6, 6.07) is -0.207. The molecule has 0 aromatic heterocycles. The third kappa shape index (κ3) is 5.86. The molecule has 0 bridgehead atoms. The molecule has 0 unspecified atom stereocenters. The predicted molar refractivity (Wildman–Crippen MR) is 66.5 cm³/mol. The van der Waals surface area contributed by atoms with E-state index < -0.39 is 5.97 Å². The van der Waals surface area contributed by atoms with Crippen molar-refractivity contribution in [1.29, 1.82) is 0 Å². The molecule has 1 rings (SSSR count). The number of hydrogen-bond donors (Lipinski definition) is 2. The highest BCUT2D eigenvalue weighted by molar-refractivity contribution is 5.80. The van der Waals surface area contributed by atoms with Crippen molar-refractivity contribution in [3.8, 4) is 0 Å². The maximum atomic E-state index is 11.7. The van der Waals surface area contributed by atoms with Crippen LogP contribution in [0.1, 0.15) is 32.6 Å². The van der Waals surface area contributed by atoms with Crippen LogP contribution >= 0.6 is 0 Å². The summed E-state index contributed by atoms with van der Waals surface area (Å²) in [6.07, 6.45) is 3.89. The Morgan fingerprint density at radius 2 is 2.11 bits per heavy atom. The molecule has 1 fully saturated rings. The highest BCUT2D eigenvalue weighted by atomic mass is 16.5. The molecule has 2 N–H and O–H groups in total. The number of nitrogens with zero attached hydrogens (tertiary/aromatic N) is 1. The number of carbonyl (C=O) groups excluding carboxylic acids is 1. The van der Waals surface area contributed by atoms with Crippen molar-refractivity contribution >= 4 is 12.0 Å². The van der Waals surface area contributed by atoms with E-state index in [0.717, 1.165) is 25.7 Å². The van der Waals surface area contributed by atoms with Crippen LogP contribution in [0.2, 0.25) is 0 Å². The normalized spacial score (nSPS) is 14.3. The van der Waals surface area contributed by atoms with Crippen LogP contribution in [0.15, 0.2) is 0 Å². The lowest BCUT2D eigenvalue weighted by Gasteiger charge is -2.20. The van der Waals surface area contributed by atoms with Crippen LogP contribution in [0.4, 0.5) is 4.79 Å². The fourth-order valence-electron chi connectivity index (χ4n) is 1.58. The minimum Gasteiger partial charge on any atom is -0.480 e. The van der Waals surface area contributed by atoms with Crippen molar-refractivity contribution < 1.29 is 19.4 Å². The van der Waals surface area contributed by atoms with Gasteiger partial charge in [0, 0.05) is 19.2 Å². The summed E-state index contributed by atoms with van der Waals surface area (Å²) in [5.74, 6) is -0.976. The van der Waals surface area contributed by atoms with E-state index in [9.17, 15) is 9.59 Å². The van der Waals surface area contributed by atoms with Crippen LogP contribution in [-0.2, 0) is 9.53 Å². The third-order valence-corrected chi connectivity index (χ3v) is 2.72. The number of nitrogens with one attached hydrogen (secondary N) is 1. The molecule has 6 heteroatoms. The summed E-state index contributed by atoms with van der Waals surface area (Å²) >= 11 is 0. The topological polar surface area (TPSA) is 78.9 Å². The quantitative estimate of drug-likeness (QED) is 0.606. The molecule has 18 heavy (non-hydrogen) atoms. The number of urea groups is 1.